The number of carbonyl (C=O) groups is 1. The Morgan fingerprint density at radius 2 is 2.10 bits per heavy atom. The van der Waals surface area contributed by atoms with Crippen molar-refractivity contribution in [2.24, 2.45) is 0 Å². The quantitative estimate of drug-likeness (QED) is 0.239. The van der Waals surface area contributed by atoms with Crippen molar-refractivity contribution >= 4 is 61.2 Å². The summed E-state index contributed by atoms with van der Waals surface area (Å²) in [7, 11) is 0. The molecule has 1 N–H and O–H groups in total. The molecule has 0 aliphatic rings. The number of hydrogen-bond donors (Lipinski definition) is 1. The smallest absolute Gasteiger partial charge is 0.324 e. The van der Waals surface area contributed by atoms with Crippen LogP contribution in [0.2, 0.25) is 0 Å². The molecule has 0 fully saturated rings. The zero-order valence-corrected chi connectivity index (χ0v) is 17.7. The lowest BCUT2D eigenvalue weighted by Gasteiger charge is -2.02. The molecule has 0 radical (unpaired) electrons. The first-order chi connectivity index (χ1) is 13.9. The van der Waals surface area contributed by atoms with E-state index in [0.29, 0.717) is 5.69 Å². The van der Waals surface area contributed by atoms with Gasteiger partial charge in [0.15, 0.2) is 4.34 Å². The summed E-state index contributed by atoms with van der Waals surface area (Å²) in [6.07, 6.45) is 0. The van der Waals surface area contributed by atoms with E-state index in [-0.39, 0.29) is 15.8 Å². The highest BCUT2D eigenvalue weighted by molar-refractivity contribution is 8.00. The molecule has 0 aliphatic heterocycles. The molecular formula is C18H14N4O4S3. The van der Waals surface area contributed by atoms with Gasteiger partial charge in [-0.1, -0.05) is 28.3 Å². The highest BCUT2D eigenvalue weighted by atomic mass is 32.2. The Bertz CT molecular complexity index is 1210. The third-order valence-corrected chi connectivity index (χ3v) is 7.37. The van der Waals surface area contributed by atoms with Crippen molar-refractivity contribution in [3.63, 3.8) is 0 Å². The molecule has 4 rings (SSSR count). The molecular weight excluding hydrogens is 432 g/mol. The maximum Gasteiger partial charge on any atom is 0.324 e. The second-order valence-corrected chi connectivity index (χ2v) is 9.42. The van der Waals surface area contributed by atoms with Crippen molar-refractivity contribution in [2.45, 2.75) is 23.9 Å². The van der Waals surface area contributed by atoms with E-state index < -0.39 is 4.92 Å². The summed E-state index contributed by atoms with van der Waals surface area (Å²) in [5, 5.41) is 17.5. The molecule has 4 aromatic rings. The Morgan fingerprint density at radius 1 is 1.28 bits per heavy atom. The average molecular weight is 447 g/mol. The van der Waals surface area contributed by atoms with Gasteiger partial charge in [-0.15, -0.1) is 11.3 Å². The molecule has 3 aromatic heterocycles. The molecule has 0 spiro atoms. The van der Waals surface area contributed by atoms with Crippen LogP contribution in [0.4, 0.5) is 10.7 Å². The molecule has 1 amide bonds. The van der Waals surface area contributed by atoms with Gasteiger partial charge in [0.05, 0.1) is 25.7 Å². The average Bonchev–Trinajstić information content (AvgIpc) is 3.39. The second-order valence-electron chi connectivity index (χ2n) is 6.10. The van der Waals surface area contributed by atoms with Crippen LogP contribution in [-0.2, 0) is 5.75 Å². The molecule has 148 valence electrons. The van der Waals surface area contributed by atoms with Crippen LogP contribution in [0.15, 0.2) is 39.2 Å². The zero-order chi connectivity index (χ0) is 20.5. The van der Waals surface area contributed by atoms with Gasteiger partial charge in [-0.3, -0.25) is 14.9 Å². The zero-order valence-electron chi connectivity index (χ0n) is 15.3. The van der Waals surface area contributed by atoms with Gasteiger partial charge in [0.1, 0.15) is 5.76 Å². The predicted octanol–water partition coefficient (Wildman–Crippen LogP) is 5.42. The van der Waals surface area contributed by atoms with Crippen LogP contribution in [0.5, 0.6) is 0 Å². The van der Waals surface area contributed by atoms with E-state index in [1.54, 1.807) is 17.8 Å². The molecule has 3 heterocycles. The maximum atomic E-state index is 12.3. The minimum Gasteiger partial charge on any atom is -0.361 e. The van der Waals surface area contributed by atoms with E-state index in [2.05, 4.69) is 15.5 Å². The number of hydrogen-bond acceptors (Lipinski definition) is 9. The highest BCUT2D eigenvalue weighted by Gasteiger charge is 2.16. The minimum atomic E-state index is -0.507. The number of nitrogens with one attached hydrogen (secondary N) is 1. The summed E-state index contributed by atoms with van der Waals surface area (Å²) < 4.78 is 7.05. The largest absolute Gasteiger partial charge is 0.361 e. The predicted molar refractivity (Wildman–Crippen MR) is 114 cm³/mol. The van der Waals surface area contributed by atoms with Gasteiger partial charge in [0, 0.05) is 23.1 Å². The summed E-state index contributed by atoms with van der Waals surface area (Å²) in [6, 6.07) is 8.25. The van der Waals surface area contributed by atoms with Crippen LogP contribution < -0.4 is 5.32 Å². The molecule has 0 bridgehead atoms. The first kappa shape index (κ1) is 19.6. The van der Waals surface area contributed by atoms with Crippen molar-refractivity contribution < 1.29 is 14.2 Å². The van der Waals surface area contributed by atoms with E-state index in [4.69, 9.17) is 4.52 Å². The number of nitro groups is 1. The van der Waals surface area contributed by atoms with Crippen LogP contribution >= 0.6 is 34.4 Å². The summed E-state index contributed by atoms with van der Waals surface area (Å²) in [6.45, 7) is 3.81. The fourth-order valence-corrected chi connectivity index (χ4v) is 5.60. The molecule has 0 aliphatic carbocycles. The number of rotatable bonds is 6. The number of nitrogens with zero attached hydrogens (tertiary/aromatic N) is 3. The fourth-order valence-electron chi connectivity index (χ4n) is 2.63. The van der Waals surface area contributed by atoms with Crippen molar-refractivity contribution in [1.29, 1.82) is 0 Å². The van der Waals surface area contributed by atoms with Crippen LogP contribution in [0.1, 0.15) is 26.7 Å². The first-order valence-electron chi connectivity index (χ1n) is 8.41. The third kappa shape index (κ3) is 4.16. The Morgan fingerprint density at radius 3 is 2.79 bits per heavy atom. The Hall–Kier alpha value is -2.76. The Labute approximate surface area is 177 Å². The van der Waals surface area contributed by atoms with E-state index in [1.165, 1.54) is 23.5 Å². The maximum absolute atomic E-state index is 12.3. The van der Waals surface area contributed by atoms with Gasteiger partial charge in [0.2, 0.25) is 0 Å². The third-order valence-electron chi connectivity index (χ3n) is 4.14. The summed E-state index contributed by atoms with van der Waals surface area (Å²) in [4.78, 5) is 27.5. The molecule has 29 heavy (non-hydrogen) atoms. The Kier molecular flexibility index (Phi) is 5.35. The molecule has 11 heteroatoms. The van der Waals surface area contributed by atoms with Crippen molar-refractivity contribution in [3.05, 3.63) is 62.3 Å². The molecule has 0 saturated carbocycles. The van der Waals surface area contributed by atoms with Crippen molar-refractivity contribution in [3.8, 4) is 0 Å². The van der Waals surface area contributed by atoms with E-state index in [0.717, 1.165) is 48.7 Å². The van der Waals surface area contributed by atoms with Gasteiger partial charge in [-0.05, 0) is 38.1 Å². The lowest BCUT2D eigenvalue weighted by Crippen LogP contribution is -2.09. The molecule has 0 unspecified atom stereocenters. The minimum absolute atomic E-state index is 0.0620. The summed E-state index contributed by atoms with van der Waals surface area (Å²) in [5.74, 6) is 1.16. The molecule has 1 aromatic carbocycles. The topological polar surface area (TPSA) is 111 Å². The number of thiazole rings is 1. The number of fused-ring (bicyclic) bond motifs is 1. The standard InChI is InChI=1S/C18H14N4O4S3/c1-9-12(10(2)26-21-9)8-27-18-20-13-4-3-11(7-15(13)29-18)19-17(23)14-5-6-16(28-14)22(24)25/h3-7H,8H2,1-2H3,(H,19,23). The normalized spacial score (nSPS) is 11.1. The van der Waals surface area contributed by atoms with Gasteiger partial charge in [0.25, 0.3) is 5.91 Å². The van der Waals surface area contributed by atoms with Gasteiger partial charge < -0.3 is 9.84 Å². The number of thiophene rings is 1. The number of carbonyl (C=O) groups excluding carboxylic acids is 1. The number of anilines is 1. The van der Waals surface area contributed by atoms with E-state index in [1.807, 2.05) is 26.0 Å². The number of aryl methyl sites for hydroxylation is 2. The lowest BCUT2D eigenvalue weighted by atomic mass is 10.2. The number of aromatic nitrogens is 2. The SMILES string of the molecule is Cc1noc(C)c1CSc1nc2ccc(NC(=O)c3ccc([N+](=O)[O-])s3)cc2s1. The summed E-state index contributed by atoms with van der Waals surface area (Å²) >= 11 is 4.00. The van der Waals surface area contributed by atoms with Crippen molar-refractivity contribution in [1.82, 2.24) is 10.1 Å². The van der Waals surface area contributed by atoms with Gasteiger partial charge in [-0.25, -0.2) is 4.98 Å². The van der Waals surface area contributed by atoms with Gasteiger partial charge in [-0.2, -0.15) is 0 Å². The second kappa shape index (κ2) is 7.93. The van der Waals surface area contributed by atoms with Gasteiger partial charge >= 0.3 is 5.00 Å². The van der Waals surface area contributed by atoms with Crippen LogP contribution in [0.3, 0.4) is 0 Å². The monoisotopic (exact) mass is 446 g/mol. The van der Waals surface area contributed by atoms with Crippen LogP contribution in [0.25, 0.3) is 10.2 Å². The molecule has 0 atom stereocenters. The van der Waals surface area contributed by atoms with Crippen molar-refractivity contribution in [2.75, 3.05) is 5.32 Å². The molecule has 8 nitrogen and oxygen atoms in total. The number of thioether (sulfide) groups is 1. The van der Waals surface area contributed by atoms with Crippen LogP contribution in [0, 0.1) is 24.0 Å². The van der Waals surface area contributed by atoms with E-state index in [9.17, 15) is 14.9 Å². The Balaban J connectivity index is 1.47. The lowest BCUT2D eigenvalue weighted by molar-refractivity contribution is -0.380. The molecule has 0 saturated heterocycles. The highest BCUT2D eigenvalue weighted by Crippen LogP contribution is 2.34. The van der Waals surface area contributed by atoms with Crippen LogP contribution in [-0.4, -0.2) is 21.0 Å². The number of benzene rings is 1. The summed E-state index contributed by atoms with van der Waals surface area (Å²) in [5.41, 5.74) is 3.42. The number of amides is 1. The first-order valence-corrected chi connectivity index (χ1v) is 11.0. The van der Waals surface area contributed by atoms with E-state index >= 15 is 0 Å². The fraction of sp³-hybridized carbons (Fsp3) is 0.167.